The molecule has 0 atom stereocenters. The van der Waals surface area contributed by atoms with Crippen LogP contribution in [0.1, 0.15) is 40.0 Å². The number of hydrogen-bond donors (Lipinski definition) is 1. The van der Waals surface area contributed by atoms with E-state index in [0.717, 1.165) is 6.42 Å². The van der Waals surface area contributed by atoms with Crippen LogP contribution >= 0.6 is 0 Å². The van der Waals surface area contributed by atoms with Crippen molar-refractivity contribution in [3.05, 3.63) is 12.2 Å². The third-order valence-electron chi connectivity index (χ3n) is 2.40. The Balaban J connectivity index is 3.61. The molecule has 0 aliphatic heterocycles. The molecular weight excluding hydrogens is 134 g/mol. The van der Waals surface area contributed by atoms with E-state index >= 15 is 0 Å². The van der Waals surface area contributed by atoms with Gasteiger partial charge in [0.1, 0.15) is 0 Å². The Morgan fingerprint density at radius 2 is 2.00 bits per heavy atom. The maximum absolute atomic E-state index is 5.44. The van der Waals surface area contributed by atoms with Gasteiger partial charge in [0, 0.05) is 6.54 Å². The van der Waals surface area contributed by atoms with Crippen LogP contribution in [0.4, 0.5) is 0 Å². The van der Waals surface area contributed by atoms with E-state index in [2.05, 4.69) is 27.4 Å². The fourth-order valence-electron chi connectivity index (χ4n) is 0.794. The molecule has 0 aromatic heterocycles. The largest absolute Gasteiger partial charge is 0.327 e. The Hall–Kier alpha value is -0.300. The van der Waals surface area contributed by atoms with Gasteiger partial charge in [0.15, 0.2) is 0 Å². The van der Waals surface area contributed by atoms with Crippen molar-refractivity contribution < 1.29 is 0 Å². The first-order chi connectivity index (χ1) is 5.02. The van der Waals surface area contributed by atoms with Gasteiger partial charge < -0.3 is 5.73 Å². The standard InChI is InChI=1S/C10H21N/c1-5-10(3,4)7-6-9(2)8-11/h2,5-8,11H2,1,3-4H3. The van der Waals surface area contributed by atoms with Crippen LogP contribution in [0.2, 0.25) is 0 Å². The van der Waals surface area contributed by atoms with Crippen LogP contribution in [0.15, 0.2) is 12.2 Å². The summed E-state index contributed by atoms with van der Waals surface area (Å²) in [4.78, 5) is 0. The molecule has 0 spiro atoms. The summed E-state index contributed by atoms with van der Waals surface area (Å²) in [5, 5.41) is 0. The summed E-state index contributed by atoms with van der Waals surface area (Å²) < 4.78 is 0. The minimum absolute atomic E-state index is 0.456. The van der Waals surface area contributed by atoms with Crippen molar-refractivity contribution in [1.29, 1.82) is 0 Å². The summed E-state index contributed by atoms with van der Waals surface area (Å²) in [7, 11) is 0. The number of nitrogens with two attached hydrogens (primary N) is 1. The molecule has 0 aliphatic rings. The van der Waals surface area contributed by atoms with Gasteiger partial charge in [0.25, 0.3) is 0 Å². The highest BCUT2D eigenvalue weighted by Gasteiger charge is 2.14. The van der Waals surface area contributed by atoms with Crippen molar-refractivity contribution in [1.82, 2.24) is 0 Å². The molecule has 0 saturated heterocycles. The van der Waals surface area contributed by atoms with Crippen molar-refractivity contribution in [2.75, 3.05) is 6.54 Å². The molecule has 0 aromatic carbocycles. The highest BCUT2D eigenvalue weighted by molar-refractivity contribution is 4.96. The Morgan fingerprint density at radius 3 is 2.36 bits per heavy atom. The Morgan fingerprint density at radius 1 is 1.45 bits per heavy atom. The lowest BCUT2D eigenvalue weighted by Crippen LogP contribution is -2.11. The molecule has 0 aliphatic carbocycles. The molecule has 0 aromatic rings. The molecule has 11 heavy (non-hydrogen) atoms. The van der Waals surface area contributed by atoms with Gasteiger partial charge in [-0.3, -0.25) is 0 Å². The van der Waals surface area contributed by atoms with Crippen LogP contribution in [0.5, 0.6) is 0 Å². The summed E-state index contributed by atoms with van der Waals surface area (Å²) in [5.41, 5.74) is 7.07. The van der Waals surface area contributed by atoms with Gasteiger partial charge in [-0.15, -0.1) is 0 Å². The van der Waals surface area contributed by atoms with E-state index < -0.39 is 0 Å². The van der Waals surface area contributed by atoms with Crippen molar-refractivity contribution in [3.63, 3.8) is 0 Å². The summed E-state index contributed by atoms with van der Waals surface area (Å²) in [5.74, 6) is 0. The van der Waals surface area contributed by atoms with E-state index in [9.17, 15) is 0 Å². The van der Waals surface area contributed by atoms with Crippen molar-refractivity contribution in [2.45, 2.75) is 40.0 Å². The molecule has 0 unspecified atom stereocenters. The summed E-state index contributed by atoms with van der Waals surface area (Å²) in [6.07, 6.45) is 3.52. The molecule has 0 rings (SSSR count). The fourth-order valence-corrected chi connectivity index (χ4v) is 0.794. The topological polar surface area (TPSA) is 26.0 Å². The lowest BCUT2D eigenvalue weighted by atomic mass is 9.84. The average molecular weight is 155 g/mol. The second kappa shape index (κ2) is 4.55. The monoisotopic (exact) mass is 155 g/mol. The summed E-state index contributed by atoms with van der Waals surface area (Å²) in [6, 6.07) is 0. The maximum atomic E-state index is 5.44. The highest BCUT2D eigenvalue weighted by atomic mass is 14.5. The van der Waals surface area contributed by atoms with Gasteiger partial charge in [-0.2, -0.15) is 0 Å². The molecule has 1 nitrogen and oxygen atoms in total. The van der Waals surface area contributed by atoms with Crippen LogP contribution in [0.25, 0.3) is 0 Å². The molecule has 0 fully saturated rings. The van der Waals surface area contributed by atoms with E-state index in [1.54, 1.807) is 0 Å². The van der Waals surface area contributed by atoms with Crippen LogP contribution in [-0.2, 0) is 0 Å². The van der Waals surface area contributed by atoms with Crippen LogP contribution in [-0.4, -0.2) is 6.54 Å². The van der Waals surface area contributed by atoms with E-state index in [1.165, 1.54) is 18.4 Å². The summed E-state index contributed by atoms with van der Waals surface area (Å²) in [6.45, 7) is 11.3. The maximum Gasteiger partial charge on any atom is 0.0134 e. The molecule has 66 valence electrons. The molecule has 2 N–H and O–H groups in total. The van der Waals surface area contributed by atoms with Gasteiger partial charge in [0.2, 0.25) is 0 Å². The fraction of sp³-hybridized carbons (Fsp3) is 0.800. The quantitative estimate of drug-likeness (QED) is 0.607. The predicted molar refractivity (Wildman–Crippen MR) is 51.5 cm³/mol. The van der Waals surface area contributed by atoms with Gasteiger partial charge in [-0.05, 0) is 18.3 Å². The third kappa shape index (κ3) is 5.02. The van der Waals surface area contributed by atoms with Gasteiger partial charge in [-0.1, -0.05) is 39.3 Å². The molecule has 0 amide bonds. The Labute approximate surface area is 70.7 Å². The SMILES string of the molecule is C=C(CN)CCC(C)(C)CC. The van der Waals surface area contributed by atoms with Gasteiger partial charge >= 0.3 is 0 Å². The van der Waals surface area contributed by atoms with Crippen molar-refractivity contribution in [3.8, 4) is 0 Å². The lowest BCUT2D eigenvalue weighted by molar-refractivity contribution is 0.322. The summed E-state index contributed by atoms with van der Waals surface area (Å²) >= 11 is 0. The molecule has 1 heteroatoms. The number of hydrogen-bond acceptors (Lipinski definition) is 1. The third-order valence-corrected chi connectivity index (χ3v) is 2.40. The minimum Gasteiger partial charge on any atom is -0.327 e. The molecule has 0 bridgehead atoms. The van der Waals surface area contributed by atoms with E-state index in [1.807, 2.05) is 0 Å². The van der Waals surface area contributed by atoms with Crippen LogP contribution in [0.3, 0.4) is 0 Å². The molecular formula is C10H21N. The van der Waals surface area contributed by atoms with E-state index in [-0.39, 0.29) is 0 Å². The zero-order valence-corrected chi connectivity index (χ0v) is 8.11. The predicted octanol–water partition coefficient (Wildman–Crippen LogP) is 2.72. The van der Waals surface area contributed by atoms with E-state index in [0.29, 0.717) is 12.0 Å². The molecule has 0 heterocycles. The molecule has 0 radical (unpaired) electrons. The minimum atomic E-state index is 0.456. The lowest BCUT2D eigenvalue weighted by Gasteiger charge is -2.22. The van der Waals surface area contributed by atoms with Crippen LogP contribution < -0.4 is 5.73 Å². The Bertz CT molecular complexity index is 125. The van der Waals surface area contributed by atoms with E-state index in [4.69, 9.17) is 5.73 Å². The second-order valence-corrected chi connectivity index (χ2v) is 3.97. The van der Waals surface area contributed by atoms with Crippen molar-refractivity contribution >= 4 is 0 Å². The van der Waals surface area contributed by atoms with Crippen molar-refractivity contribution in [2.24, 2.45) is 11.1 Å². The normalized spacial score (nSPS) is 11.6. The Kier molecular flexibility index (Phi) is 4.43. The van der Waals surface area contributed by atoms with Gasteiger partial charge in [-0.25, -0.2) is 0 Å². The molecule has 0 saturated carbocycles. The second-order valence-electron chi connectivity index (χ2n) is 3.97. The first-order valence-corrected chi connectivity index (χ1v) is 4.38. The zero-order chi connectivity index (χ0) is 8.91. The van der Waals surface area contributed by atoms with Gasteiger partial charge in [0.05, 0.1) is 0 Å². The first kappa shape index (κ1) is 10.7. The zero-order valence-electron chi connectivity index (χ0n) is 8.11. The highest BCUT2D eigenvalue weighted by Crippen LogP contribution is 2.27. The smallest absolute Gasteiger partial charge is 0.0134 e. The van der Waals surface area contributed by atoms with Crippen LogP contribution in [0, 0.1) is 5.41 Å². The average Bonchev–Trinajstić information content (AvgIpc) is 2.00. The first-order valence-electron chi connectivity index (χ1n) is 4.38. The number of rotatable bonds is 5.